The summed E-state index contributed by atoms with van der Waals surface area (Å²) in [5.41, 5.74) is 2.34. The lowest BCUT2D eigenvalue weighted by Crippen LogP contribution is -2.64. The molecule has 0 aliphatic carbocycles. The third kappa shape index (κ3) is 4.35. The number of fused-ring (bicyclic) bond motifs is 2. The smallest absolute Gasteiger partial charge is 0.410 e. The number of nitrogens with zero attached hydrogens (tertiary/aromatic N) is 6. The summed E-state index contributed by atoms with van der Waals surface area (Å²) in [5.74, 6) is -0.896. The molecule has 3 aromatic heterocycles. The van der Waals surface area contributed by atoms with Crippen molar-refractivity contribution in [3.05, 3.63) is 53.9 Å². The van der Waals surface area contributed by atoms with Gasteiger partial charge in [-0.05, 0) is 52.7 Å². The van der Waals surface area contributed by atoms with Gasteiger partial charge in [0.2, 0.25) is 0 Å². The average Bonchev–Trinajstić information content (AvgIpc) is 3.53. The number of halogens is 1. The van der Waals surface area contributed by atoms with Crippen LogP contribution < -0.4 is 10.2 Å². The molecule has 1 spiro atoms. The molecule has 39 heavy (non-hydrogen) atoms. The number of ether oxygens (including phenoxy) is 1. The molecule has 1 aromatic carbocycles. The number of pyridine rings is 1. The zero-order chi connectivity index (χ0) is 27.7. The molecule has 2 saturated heterocycles. The molecule has 0 radical (unpaired) electrons. The van der Waals surface area contributed by atoms with Gasteiger partial charge < -0.3 is 24.3 Å². The van der Waals surface area contributed by atoms with Crippen LogP contribution in [-0.4, -0.2) is 66.8 Å². The number of carbonyl (C=O) groups is 2. The molecule has 0 saturated carbocycles. The molecule has 0 bridgehead atoms. The van der Waals surface area contributed by atoms with E-state index in [9.17, 15) is 14.0 Å². The van der Waals surface area contributed by atoms with Crippen molar-refractivity contribution in [3.63, 3.8) is 0 Å². The van der Waals surface area contributed by atoms with Crippen LogP contribution in [0.4, 0.5) is 20.6 Å². The number of carbonyl (C=O) groups excluding carboxylic acids is 2. The van der Waals surface area contributed by atoms with Crippen LogP contribution in [0.25, 0.3) is 16.6 Å². The molecule has 2 fully saturated rings. The average molecular weight is 534 g/mol. The van der Waals surface area contributed by atoms with E-state index in [1.54, 1.807) is 34.5 Å². The lowest BCUT2D eigenvalue weighted by Gasteiger charge is -2.50. The second-order valence-corrected chi connectivity index (χ2v) is 11.6. The molecule has 6 rings (SSSR count). The number of anilines is 2. The molecular weight excluding hydrogens is 501 g/mol. The van der Waals surface area contributed by atoms with Gasteiger partial charge in [0.25, 0.3) is 5.91 Å². The van der Waals surface area contributed by atoms with Crippen LogP contribution in [0.3, 0.4) is 0 Å². The Kier molecular flexibility index (Phi) is 5.60. The normalized spacial score (nSPS) is 19.2. The highest BCUT2D eigenvalue weighted by Crippen LogP contribution is 2.43. The summed E-state index contributed by atoms with van der Waals surface area (Å²) < 4.78 is 23.5. The summed E-state index contributed by atoms with van der Waals surface area (Å²) in [6.07, 6.45) is 6.75. The molecule has 11 heteroatoms. The maximum Gasteiger partial charge on any atom is 0.410 e. The van der Waals surface area contributed by atoms with Crippen molar-refractivity contribution in [1.29, 1.82) is 0 Å². The van der Waals surface area contributed by atoms with Crippen LogP contribution in [-0.2, 0) is 11.8 Å². The number of benzene rings is 1. The van der Waals surface area contributed by atoms with E-state index < -0.39 is 11.4 Å². The second kappa shape index (κ2) is 8.69. The first-order valence-electron chi connectivity index (χ1n) is 13.1. The first-order valence-corrected chi connectivity index (χ1v) is 13.1. The van der Waals surface area contributed by atoms with E-state index in [1.165, 1.54) is 6.07 Å². The van der Waals surface area contributed by atoms with E-state index >= 15 is 0 Å². The standard InChI is InChI=1S/C28H32FN7O3/c1-17-13-35-14-18(12-21(29)24(35)30-17)31-25(37)19-6-7-22(20-15-33(5)32-23(19)20)34-10-8-28(16-34)9-11-36(28)26(38)39-27(2,3)4/h6-7,12-15H,8-11,16H2,1-5H3,(H,31,37). The summed E-state index contributed by atoms with van der Waals surface area (Å²) in [6, 6.07) is 4.95. The molecule has 4 aromatic rings. The van der Waals surface area contributed by atoms with Crippen molar-refractivity contribution < 1.29 is 18.7 Å². The van der Waals surface area contributed by atoms with E-state index in [1.807, 2.05) is 45.0 Å². The predicted molar refractivity (Wildman–Crippen MR) is 146 cm³/mol. The van der Waals surface area contributed by atoms with Crippen molar-refractivity contribution in [3.8, 4) is 0 Å². The lowest BCUT2D eigenvalue weighted by molar-refractivity contribution is -0.0362. The van der Waals surface area contributed by atoms with Crippen LogP contribution in [0.1, 0.15) is 49.7 Å². The molecule has 2 amide bonds. The minimum absolute atomic E-state index is 0.210. The number of aromatic nitrogens is 4. The van der Waals surface area contributed by atoms with Gasteiger partial charge in [-0.3, -0.25) is 9.48 Å². The molecule has 10 nitrogen and oxygen atoms in total. The maximum atomic E-state index is 14.6. The fourth-order valence-electron chi connectivity index (χ4n) is 5.74. The fourth-order valence-corrected chi connectivity index (χ4v) is 5.74. The van der Waals surface area contributed by atoms with Gasteiger partial charge in [-0.2, -0.15) is 5.10 Å². The van der Waals surface area contributed by atoms with Crippen molar-refractivity contribution in [2.45, 2.75) is 51.7 Å². The molecule has 2 aliphatic heterocycles. The Hall–Kier alpha value is -4.15. The Labute approximate surface area is 225 Å². The van der Waals surface area contributed by atoms with Gasteiger partial charge in [0.15, 0.2) is 11.5 Å². The maximum absolute atomic E-state index is 14.6. The number of aryl methyl sites for hydroxylation is 2. The summed E-state index contributed by atoms with van der Waals surface area (Å²) >= 11 is 0. The SMILES string of the molecule is Cc1cn2cc(NC(=O)c3ccc(N4CCC5(CCN5C(=O)OC(C)(C)C)C4)c4cn(C)nc34)cc(F)c2n1. The molecule has 1 atom stereocenters. The summed E-state index contributed by atoms with van der Waals surface area (Å²) in [7, 11) is 1.82. The van der Waals surface area contributed by atoms with E-state index in [-0.39, 0.29) is 23.2 Å². The quantitative estimate of drug-likeness (QED) is 0.416. The molecular formula is C28H32FN7O3. The fraction of sp³-hybridized carbons (Fsp3) is 0.429. The lowest BCUT2D eigenvalue weighted by atomic mass is 9.84. The molecule has 1 unspecified atom stereocenters. The number of nitrogens with one attached hydrogen (secondary N) is 1. The number of hydrogen-bond acceptors (Lipinski definition) is 6. The monoisotopic (exact) mass is 533 g/mol. The second-order valence-electron chi connectivity index (χ2n) is 11.6. The topological polar surface area (TPSA) is 97.0 Å². The molecule has 204 valence electrons. The summed E-state index contributed by atoms with van der Waals surface area (Å²) in [6.45, 7) is 9.57. The van der Waals surface area contributed by atoms with Crippen molar-refractivity contribution in [2.75, 3.05) is 29.9 Å². The van der Waals surface area contributed by atoms with Crippen LogP contribution in [0.15, 0.2) is 36.8 Å². The van der Waals surface area contributed by atoms with Crippen LogP contribution >= 0.6 is 0 Å². The number of rotatable bonds is 3. The minimum atomic E-state index is -0.542. The van der Waals surface area contributed by atoms with Crippen molar-refractivity contribution >= 4 is 39.9 Å². The predicted octanol–water partition coefficient (Wildman–Crippen LogP) is 4.51. The number of imidazole rings is 1. The van der Waals surface area contributed by atoms with Gasteiger partial charge in [-0.25, -0.2) is 14.2 Å². The van der Waals surface area contributed by atoms with E-state index in [0.29, 0.717) is 35.6 Å². The Morgan fingerprint density at radius 2 is 1.90 bits per heavy atom. The Bertz CT molecular complexity index is 1640. The van der Waals surface area contributed by atoms with Crippen molar-refractivity contribution in [1.82, 2.24) is 24.1 Å². The van der Waals surface area contributed by atoms with Crippen LogP contribution in [0.2, 0.25) is 0 Å². The summed E-state index contributed by atoms with van der Waals surface area (Å²) in [4.78, 5) is 34.4. The highest BCUT2D eigenvalue weighted by molar-refractivity contribution is 6.14. The molecule has 2 aliphatic rings. The van der Waals surface area contributed by atoms with Gasteiger partial charge >= 0.3 is 6.09 Å². The Morgan fingerprint density at radius 1 is 1.13 bits per heavy atom. The Balaban J connectivity index is 1.26. The van der Waals surface area contributed by atoms with Crippen LogP contribution in [0.5, 0.6) is 0 Å². The van der Waals surface area contributed by atoms with E-state index in [4.69, 9.17) is 4.74 Å². The minimum Gasteiger partial charge on any atom is -0.444 e. The largest absolute Gasteiger partial charge is 0.444 e. The number of amides is 2. The zero-order valence-corrected chi connectivity index (χ0v) is 22.8. The van der Waals surface area contributed by atoms with Gasteiger partial charge in [0.1, 0.15) is 11.1 Å². The van der Waals surface area contributed by atoms with Gasteiger partial charge in [-0.15, -0.1) is 0 Å². The van der Waals surface area contributed by atoms with Crippen LogP contribution in [0, 0.1) is 12.7 Å². The van der Waals surface area contributed by atoms with E-state index in [0.717, 1.165) is 30.5 Å². The van der Waals surface area contributed by atoms with Gasteiger partial charge in [-0.1, -0.05) is 0 Å². The summed E-state index contributed by atoms with van der Waals surface area (Å²) in [5, 5.41) is 8.24. The third-order valence-electron chi connectivity index (χ3n) is 7.56. The van der Waals surface area contributed by atoms with Gasteiger partial charge in [0, 0.05) is 62.4 Å². The van der Waals surface area contributed by atoms with Gasteiger partial charge in [0.05, 0.1) is 22.5 Å². The van der Waals surface area contributed by atoms with E-state index in [2.05, 4.69) is 20.3 Å². The first kappa shape index (κ1) is 25.1. The highest BCUT2D eigenvalue weighted by Gasteiger charge is 2.53. The highest BCUT2D eigenvalue weighted by atomic mass is 19.1. The number of likely N-dealkylation sites (tertiary alicyclic amines) is 1. The molecule has 5 heterocycles. The van der Waals surface area contributed by atoms with Crippen molar-refractivity contribution in [2.24, 2.45) is 7.05 Å². The molecule has 1 N–H and O–H groups in total. The zero-order valence-electron chi connectivity index (χ0n) is 22.8. The number of hydrogen-bond donors (Lipinski definition) is 1. The Morgan fingerprint density at radius 3 is 2.62 bits per heavy atom. The first-order chi connectivity index (χ1) is 18.4. The third-order valence-corrected chi connectivity index (χ3v) is 7.56.